The molecule has 2 aromatic rings. The topological polar surface area (TPSA) is 79.3 Å². The van der Waals surface area contributed by atoms with Crippen molar-refractivity contribution in [3.05, 3.63) is 63.9 Å². The molecule has 0 bridgehead atoms. The minimum atomic E-state index is -0.946. The second-order valence-electron chi connectivity index (χ2n) is 4.38. The fourth-order valence-corrected chi connectivity index (χ4v) is 2.14. The number of aromatic carboxylic acids is 1. The molecule has 2 rings (SSSR count). The molecular formula is C15H13BrN2O3. The van der Waals surface area contributed by atoms with Crippen LogP contribution in [0.1, 0.15) is 26.3 Å². The monoisotopic (exact) mass is 348 g/mol. The van der Waals surface area contributed by atoms with Gasteiger partial charge in [0.15, 0.2) is 0 Å². The van der Waals surface area contributed by atoms with Gasteiger partial charge in [0.25, 0.3) is 5.91 Å². The van der Waals surface area contributed by atoms with Gasteiger partial charge in [0.1, 0.15) is 4.60 Å². The zero-order valence-electron chi connectivity index (χ0n) is 11.0. The third kappa shape index (κ3) is 4.39. The van der Waals surface area contributed by atoms with Crippen molar-refractivity contribution < 1.29 is 14.7 Å². The van der Waals surface area contributed by atoms with Gasteiger partial charge in [0.05, 0.1) is 5.56 Å². The average Bonchev–Trinajstić information content (AvgIpc) is 2.47. The summed E-state index contributed by atoms with van der Waals surface area (Å²) in [6.45, 7) is 0.477. The first-order valence-electron chi connectivity index (χ1n) is 6.28. The number of aromatic nitrogens is 1. The number of halogens is 1. The molecule has 1 aromatic carbocycles. The highest BCUT2D eigenvalue weighted by atomic mass is 79.9. The number of hydrogen-bond acceptors (Lipinski definition) is 3. The van der Waals surface area contributed by atoms with Crippen molar-refractivity contribution in [2.45, 2.75) is 6.42 Å². The number of carbonyl (C=O) groups excluding carboxylic acids is 1. The molecule has 0 radical (unpaired) electrons. The van der Waals surface area contributed by atoms with Gasteiger partial charge in [-0.2, -0.15) is 0 Å². The van der Waals surface area contributed by atoms with Crippen LogP contribution < -0.4 is 5.32 Å². The summed E-state index contributed by atoms with van der Waals surface area (Å²) in [5.74, 6) is -1.11. The molecule has 0 saturated heterocycles. The molecule has 0 aliphatic rings. The molecule has 0 aliphatic heterocycles. The van der Waals surface area contributed by atoms with E-state index in [4.69, 9.17) is 5.11 Å². The second kappa shape index (κ2) is 6.99. The molecule has 0 spiro atoms. The molecule has 108 valence electrons. The fourth-order valence-electron chi connectivity index (χ4n) is 1.78. The number of nitrogens with zero attached hydrogens (tertiary/aromatic N) is 1. The lowest BCUT2D eigenvalue weighted by atomic mass is 10.1. The molecule has 1 heterocycles. The molecule has 1 aromatic heterocycles. The lowest BCUT2D eigenvalue weighted by Gasteiger charge is -2.06. The lowest BCUT2D eigenvalue weighted by Crippen LogP contribution is -2.25. The summed E-state index contributed by atoms with van der Waals surface area (Å²) >= 11 is 3.21. The van der Waals surface area contributed by atoms with Gasteiger partial charge in [-0.15, -0.1) is 0 Å². The number of benzene rings is 1. The zero-order valence-corrected chi connectivity index (χ0v) is 12.6. The Hall–Kier alpha value is -2.21. The van der Waals surface area contributed by atoms with E-state index in [2.05, 4.69) is 26.2 Å². The van der Waals surface area contributed by atoms with E-state index in [9.17, 15) is 9.59 Å². The van der Waals surface area contributed by atoms with Crippen LogP contribution in [0, 0.1) is 0 Å². The predicted octanol–water partition coefficient (Wildman–Crippen LogP) is 2.51. The van der Waals surface area contributed by atoms with Crippen LogP contribution in [-0.2, 0) is 6.42 Å². The summed E-state index contributed by atoms with van der Waals surface area (Å²) < 4.78 is 0.611. The van der Waals surface area contributed by atoms with Crippen LogP contribution in [0.3, 0.4) is 0 Å². The Balaban J connectivity index is 1.86. The Morgan fingerprint density at radius 2 is 1.86 bits per heavy atom. The molecule has 0 atom stereocenters. The van der Waals surface area contributed by atoms with Crippen LogP contribution in [-0.4, -0.2) is 28.5 Å². The first-order chi connectivity index (χ1) is 10.1. The maximum absolute atomic E-state index is 11.9. The number of rotatable bonds is 5. The number of pyridine rings is 1. The van der Waals surface area contributed by atoms with Crippen LogP contribution in [0.4, 0.5) is 0 Å². The summed E-state index contributed by atoms with van der Waals surface area (Å²) in [4.78, 5) is 26.6. The molecule has 5 nitrogen and oxygen atoms in total. The highest BCUT2D eigenvalue weighted by Crippen LogP contribution is 2.08. The summed E-state index contributed by atoms with van der Waals surface area (Å²) in [5, 5.41) is 11.6. The van der Waals surface area contributed by atoms with Crippen LogP contribution in [0.5, 0.6) is 0 Å². The molecule has 0 saturated carbocycles. The maximum Gasteiger partial charge on any atom is 0.335 e. The number of carboxylic acids is 1. The van der Waals surface area contributed by atoms with Gasteiger partial charge < -0.3 is 10.4 Å². The molecule has 0 aliphatic carbocycles. The van der Waals surface area contributed by atoms with Crippen LogP contribution in [0.25, 0.3) is 0 Å². The van der Waals surface area contributed by atoms with Crippen LogP contribution in [0.2, 0.25) is 0 Å². The van der Waals surface area contributed by atoms with E-state index < -0.39 is 5.97 Å². The summed E-state index contributed by atoms with van der Waals surface area (Å²) in [5.41, 5.74) is 1.76. The predicted molar refractivity (Wildman–Crippen MR) is 81.4 cm³/mol. The molecule has 2 N–H and O–H groups in total. The van der Waals surface area contributed by atoms with E-state index in [-0.39, 0.29) is 11.5 Å². The molecule has 0 fully saturated rings. The van der Waals surface area contributed by atoms with Gasteiger partial charge >= 0.3 is 5.97 Å². The Morgan fingerprint density at radius 1 is 1.14 bits per heavy atom. The highest BCUT2D eigenvalue weighted by Gasteiger charge is 2.06. The van der Waals surface area contributed by atoms with Crippen molar-refractivity contribution in [1.29, 1.82) is 0 Å². The number of carbonyl (C=O) groups is 2. The first-order valence-corrected chi connectivity index (χ1v) is 7.07. The van der Waals surface area contributed by atoms with E-state index >= 15 is 0 Å². The van der Waals surface area contributed by atoms with E-state index in [0.717, 1.165) is 5.56 Å². The van der Waals surface area contributed by atoms with E-state index in [1.807, 2.05) is 0 Å². The van der Waals surface area contributed by atoms with Crippen molar-refractivity contribution in [2.75, 3.05) is 6.54 Å². The van der Waals surface area contributed by atoms with Crippen LogP contribution in [0.15, 0.2) is 47.2 Å². The Labute approximate surface area is 130 Å². The number of hydrogen-bond donors (Lipinski definition) is 2. The summed E-state index contributed by atoms with van der Waals surface area (Å²) in [6.07, 6.45) is 2.20. The van der Waals surface area contributed by atoms with Gasteiger partial charge in [-0.3, -0.25) is 4.79 Å². The SMILES string of the molecule is O=C(O)c1ccc(CCNC(=O)c2ccnc(Br)c2)cc1. The third-order valence-corrected chi connectivity index (χ3v) is 3.32. The molecular weight excluding hydrogens is 336 g/mol. The minimum Gasteiger partial charge on any atom is -0.478 e. The lowest BCUT2D eigenvalue weighted by molar-refractivity contribution is 0.0696. The molecule has 21 heavy (non-hydrogen) atoms. The standard InChI is InChI=1S/C15H13BrN2O3/c16-13-9-12(6-8-17-13)14(19)18-7-5-10-1-3-11(4-2-10)15(20)21/h1-4,6,8-9H,5,7H2,(H,18,19)(H,20,21). The first kappa shape index (κ1) is 15.2. The maximum atomic E-state index is 11.9. The zero-order chi connectivity index (χ0) is 15.2. The normalized spacial score (nSPS) is 10.1. The number of nitrogens with one attached hydrogen (secondary N) is 1. The fraction of sp³-hybridized carbons (Fsp3) is 0.133. The highest BCUT2D eigenvalue weighted by molar-refractivity contribution is 9.10. The van der Waals surface area contributed by atoms with Gasteiger partial charge in [-0.1, -0.05) is 12.1 Å². The van der Waals surface area contributed by atoms with Gasteiger partial charge in [0, 0.05) is 18.3 Å². The largest absolute Gasteiger partial charge is 0.478 e. The average molecular weight is 349 g/mol. The van der Waals surface area contributed by atoms with Crippen molar-refractivity contribution in [3.8, 4) is 0 Å². The van der Waals surface area contributed by atoms with Gasteiger partial charge in [-0.25, -0.2) is 9.78 Å². The van der Waals surface area contributed by atoms with Crippen molar-refractivity contribution in [2.24, 2.45) is 0 Å². The number of carboxylic acid groups (broad SMARTS) is 1. The smallest absolute Gasteiger partial charge is 0.335 e. The Morgan fingerprint density at radius 3 is 2.48 bits per heavy atom. The quantitative estimate of drug-likeness (QED) is 0.813. The van der Waals surface area contributed by atoms with Crippen molar-refractivity contribution in [1.82, 2.24) is 10.3 Å². The summed E-state index contributed by atoms with van der Waals surface area (Å²) in [6, 6.07) is 9.90. The van der Waals surface area contributed by atoms with Gasteiger partial charge in [0.2, 0.25) is 0 Å². The van der Waals surface area contributed by atoms with E-state index in [0.29, 0.717) is 23.1 Å². The number of amides is 1. The Kier molecular flexibility index (Phi) is 5.05. The Bertz CT molecular complexity index is 656. The van der Waals surface area contributed by atoms with E-state index in [1.54, 1.807) is 42.6 Å². The third-order valence-electron chi connectivity index (χ3n) is 2.89. The minimum absolute atomic E-state index is 0.166. The van der Waals surface area contributed by atoms with Crippen LogP contribution >= 0.6 is 15.9 Å². The van der Waals surface area contributed by atoms with Gasteiger partial charge in [-0.05, 0) is 52.2 Å². The molecule has 0 unspecified atom stereocenters. The second-order valence-corrected chi connectivity index (χ2v) is 5.19. The molecule has 1 amide bonds. The molecule has 6 heteroatoms. The van der Waals surface area contributed by atoms with E-state index in [1.165, 1.54) is 0 Å². The van der Waals surface area contributed by atoms with Crippen molar-refractivity contribution in [3.63, 3.8) is 0 Å². The summed E-state index contributed by atoms with van der Waals surface area (Å²) in [7, 11) is 0. The van der Waals surface area contributed by atoms with Crippen molar-refractivity contribution >= 4 is 27.8 Å².